The van der Waals surface area contributed by atoms with Gasteiger partial charge in [0.15, 0.2) is 5.78 Å². The van der Waals surface area contributed by atoms with Gasteiger partial charge in [0.2, 0.25) is 5.91 Å². The summed E-state index contributed by atoms with van der Waals surface area (Å²) >= 11 is 0. The molecule has 0 saturated carbocycles. The Morgan fingerprint density at radius 1 is 0.949 bits per heavy atom. The lowest BCUT2D eigenvalue weighted by molar-refractivity contribution is -0.143. The number of ketones is 1. The molecule has 0 radical (unpaired) electrons. The van der Waals surface area contributed by atoms with E-state index in [1.165, 1.54) is 13.1 Å². The van der Waals surface area contributed by atoms with Gasteiger partial charge in [0.05, 0.1) is 17.2 Å². The number of amides is 1. The molecule has 11 heteroatoms. The predicted molar refractivity (Wildman–Crippen MR) is 136 cm³/mol. The first-order valence-corrected chi connectivity index (χ1v) is 12.5. The van der Waals surface area contributed by atoms with E-state index in [1.54, 1.807) is 24.3 Å². The maximum atomic E-state index is 13.6. The Kier molecular flexibility index (Phi) is 9.47. The molecule has 3 rings (SSSR count). The Labute approximate surface area is 222 Å². The molecule has 2 atom stereocenters. The number of rotatable bonds is 11. The minimum Gasteiger partial charge on any atom is -0.361 e. The van der Waals surface area contributed by atoms with E-state index >= 15 is 0 Å². The predicted octanol–water partition coefficient (Wildman–Crippen LogP) is 6.53. The van der Waals surface area contributed by atoms with Gasteiger partial charge in [-0.15, -0.1) is 0 Å². The van der Waals surface area contributed by atoms with Crippen molar-refractivity contribution < 1.29 is 35.9 Å². The Bertz CT molecular complexity index is 1260. The van der Waals surface area contributed by atoms with E-state index in [4.69, 9.17) is 0 Å². The Morgan fingerprint density at radius 2 is 1.56 bits per heavy atom. The number of nitrogens with one attached hydrogen (secondary N) is 2. The summed E-state index contributed by atoms with van der Waals surface area (Å²) in [6.45, 7) is 2.25. The number of aromatic nitrogens is 1. The van der Waals surface area contributed by atoms with E-state index in [0.717, 1.165) is 13.0 Å². The quantitative estimate of drug-likeness (QED) is 0.209. The van der Waals surface area contributed by atoms with Crippen LogP contribution >= 0.6 is 0 Å². The molecular formula is C28H31F6N3O2. The van der Waals surface area contributed by atoms with Gasteiger partial charge in [0.1, 0.15) is 0 Å². The van der Waals surface area contributed by atoms with Crippen LogP contribution in [0, 0.1) is 0 Å². The minimum atomic E-state index is -5.03. The van der Waals surface area contributed by atoms with Crippen LogP contribution < -0.4 is 5.32 Å². The van der Waals surface area contributed by atoms with Crippen LogP contribution in [-0.4, -0.2) is 48.3 Å². The van der Waals surface area contributed by atoms with Crippen molar-refractivity contribution in [2.45, 2.75) is 56.9 Å². The SMILES string of the molecule is CC(NC(=O)CCCCN(C)C)C(=O)CC(c1cc(C(F)(F)F)cc(C(F)(F)F)c1)c1c[nH]c2ccccc12. The number of carbonyl (C=O) groups excluding carboxylic acids is 2. The molecule has 5 nitrogen and oxygen atoms in total. The number of carbonyl (C=O) groups is 2. The van der Waals surface area contributed by atoms with Crippen LogP contribution in [0.1, 0.15) is 60.8 Å². The second kappa shape index (κ2) is 12.2. The molecule has 3 aromatic rings. The number of halogens is 6. The molecule has 0 spiro atoms. The van der Waals surface area contributed by atoms with Crippen molar-refractivity contribution in [2.24, 2.45) is 0 Å². The van der Waals surface area contributed by atoms with Gasteiger partial charge in [-0.05, 0) is 75.8 Å². The zero-order valence-corrected chi connectivity index (χ0v) is 21.8. The molecule has 39 heavy (non-hydrogen) atoms. The number of fused-ring (bicyclic) bond motifs is 1. The average molecular weight is 556 g/mol. The zero-order valence-electron chi connectivity index (χ0n) is 21.8. The van der Waals surface area contributed by atoms with E-state index in [1.807, 2.05) is 19.0 Å². The normalized spacial score (nSPS) is 14.0. The van der Waals surface area contributed by atoms with Gasteiger partial charge in [-0.2, -0.15) is 26.3 Å². The third-order valence-electron chi connectivity index (χ3n) is 6.53. The maximum absolute atomic E-state index is 13.6. The van der Waals surface area contributed by atoms with Gasteiger partial charge in [-0.1, -0.05) is 18.2 Å². The maximum Gasteiger partial charge on any atom is 0.416 e. The Hall–Kier alpha value is -3.34. The molecule has 0 saturated heterocycles. The van der Waals surface area contributed by atoms with Crippen molar-refractivity contribution in [1.82, 2.24) is 15.2 Å². The second-order valence-corrected chi connectivity index (χ2v) is 9.90. The summed E-state index contributed by atoms with van der Waals surface area (Å²) in [6.07, 6.45) is -7.40. The number of para-hydroxylation sites is 1. The number of nitrogens with zero attached hydrogens (tertiary/aromatic N) is 1. The number of aromatic amines is 1. The zero-order chi connectivity index (χ0) is 29.0. The second-order valence-electron chi connectivity index (χ2n) is 9.90. The van der Waals surface area contributed by atoms with E-state index in [2.05, 4.69) is 10.3 Å². The summed E-state index contributed by atoms with van der Waals surface area (Å²) in [5.41, 5.74) is -2.20. The molecule has 1 aromatic heterocycles. The number of hydrogen-bond acceptors (Lipinski definition) is 3. The monoisotopic (exact) mass is 555 g/mol. The molecule has 0 aliphatic rings. The van der Waals surface area contributed by atoms with Crippen LogP contribution in [0.3, 0.4) is 0 Å². The number of alkyl halides is 6. The fraction of sp³-hybridized carbons (Fsp3) is 0.429. The first-order chi connectivity index (χ1) is 18.2. The van der Waals surface area contributed by atoms with Crippen LogP contribution in [0.15, 0.2) is 48.7 Å². The van der Waals surface area contributed by atoms with Gasteiger partial charge in [0, 0.05) is 35.9 Å². The van der Waals surface area contributed by atoms with Crippen LogP contribution in [-0.2, 0) is 21.9 Å². The Balaban J connectivity index is 1.95. The highest BCUT2D eigenvalue weighted by Crippen LogP contribution is 2.41. The van der Waals surface area contributed by atoms with Crippen LogP contribution in [0.2, 0.25) is 0 Å². The van der Waals surface area contributed by atoms with Crippen molar-refractivity contribution in [1.29, 1.82) is 0 Å². The molecule has 212 valence electrons. The molecule has 1 amide bonds. The molecule has 0 aliphatic carbocycles. The van der Waals surface area contributed by atoms with Crippen molar-refractivity contribution in [2.75, 3.05) is 20.6 Å². The highest BCUT2D eigenvalue weighted by molar-refractivity contribution is 5.91. The minimum absolute atomic E-state index is 0.0662. The summed E-state index contributed by atoms with van der Waals surface area (Å²) in [7, 11) is 3.82. The fourth-order valence-corrected chi connectivity index (χ4v) is 4.46. The first-order valence-electron chi connectivity index (χ1n) is 12.5. The third-order valence-corrected chi connectivity index (χ3v) is 6.53. The van der Waals surface area contributed by atoms with Crippen LogP contribution in [0.5, 0.6) is 0 Å². The lowest BCUT2D eigenvalue weighted by Gasteiger charge is -2.22. The first kappa shape index (κ1) is 30.2. The molecular weight excluding hydrogens is 524 g/mol. The molecule has 2 N–H and O–H groups in total. The van der Waals surface area contributed by atoms with Crippen molar-refractivity contribution in [3.63, 3.8) is 0 Å². The van der Waals surface area contributed by atoms with Crippen LogP contribution in [0.4, 0.5) is 26.3 Å². The van der Waals surface area contributed by atoms with Gasteiger partial charge in [-0.25, -0.2) is 0 Å². The average Bonchev–Trinajstić information content (AvgIpc) is 3.27. The van der Waals surface area contributed by atoms with Crippen molar-refractivity contribution in [3.05, 3.63) is 70.9 Å². The standard InChI is InChI=1S/C28H31F6N3O2/c1-17(36-26(39)10-6-7-11-37(2)3)25(38)15-22(23-16-35-24-9-5-4-8-21(23)24)18-12-19(27(29,30)31)14-20(13-18)28(32,33)34/h4-5,8-9,12-14,16-17,22,35H,6-7,10-11,15H2,1-3H3,(H,36,39). The number of unbranched alkanes of at least 4 members (excludes halogenated alkanes) is 1. The van der Waals surface area contributed by atoms with Crippen molar-refractivity contribution in [3.8, 4) is 0 Å². The molecule has 1 heterocycles. The van der Waals surface area contributed by atoms with Gasteiger partial charge in [0.25, 0.3) is 0 Å². The van der Waals surface area contributed by atoms with E-state index in [0.29, 0.717) is 35.0 Å². The summed E-state index contributed by atoms with van der Waals surface area (Å²) in [4.78, 5) is 30.5. The summed E-state index contributed by atoms with van der Waals surface area (Å²) in [6, 6.07) is 7.20. The van der Waals surface area contributed by atoms with Gasteiger partial charge < -0.3 is 15.2 Å². The molecule has 2 unspecified atom stereocenters. The smallest absolute Gasteiger partial charge is 0.361 e. The highest BCUT2D eigenvalue weighted by atomic mass is 19.4. The molecule has 0 bridgehead atoms. The topological polar surface area (TPSA) is 65.2 Å². The lowest BCUT2D eigenvalue weighted by Crippen LogP contribution is -2.39. The van der Waals surface area contributed by atoms with E-state index in [9.17, 15) is 35.9 Å². The van der Waals surface area contributed by atoms with Crippen molar-refractivity contribution >= 4 is 22.6 Å². The highest BCUT2D eigenvalue weighted by Gasteiger charge is 2.38. The number of H-pyrrole nitrogens is 1. The summed E-state index contributed by atoms with van der Waals surface area (Å²) in [5, 5.41) is 3.18. The summed E-state index contributed by atoms with van der Waals surface area (Å²) in [5.74, 6) is -1.99. The van der Waals surface area contributed by atoms with Gasteiger partial charge >= 0.3 is 12.4 Å². The number of Topliss-reactive ketones (excluding diaryl/α,β-unsaturated/α-hetero) is 1. The van der Waals surface area contributed by atoms with Crippen LogP contribution in [0.25, 0.3) is 10.9 Å². The lowest BCUT2D eigenvalue weighted by atomic mass is 9.84. The number of benzene rings is 2. The third kappa shape index (κ3) is 8.08. The molecule has 2 aromatic carbocycles. The molecule has 0 fully saturated rings. The fourth-order valence-electron chi connectivity index (χ4n) is 4.46. The van der Waals surface area contributed by atoms with Gasteiger partial charge in [-0.3, -0.25) is 9.59 Å². The number of hydrogen-bond donors (Lipinski definition) is 2. The largest absolute Gasteiger partial charge is 0.416 e. The van der Waals surface area contributed by atoms with E-state index < -0.39 is 47.6 Å². The Morgan fingerprint density at radius 3 is 2.15 bits per heavy atom. The summed E-state index contributed by atoms with van der Waals surface area (Å²) < 4.78 is 81.7. The van der Waals surface area contributed by atoms with E-state index in [-0.39, 0.29) is 24.0 Å². The molecule has 0 aliphatic heterocycles.